The van der Waals surface area contributed by atoms with Crippen molar-refractivity contribution in [2.45, 2.75) is 37.2 Å². The Balaban J connectivity index is 1.76. The van der Waals surface area contributed by atoms with Crippen molar-refractivity contribution < 1.29 is 28.4 Å². The van der Waals surface area contributed by atoms with Crippen LogP contribution in [-0.4, -0.2) is 89.6 Å². The Morgan fingerprint density at radius 1 is 1.29 bits per heavy atom. The van der Waals surface area contributed by atoms with Gasteiger partial charge in [-0.25, -0.2) is 0 Å². The van der Waals surface area contributed by atoms with Gasteiger partial charge < -0.3 is 26.2 Å². The molecule has 0 spiro atoms. The monoisotopic (exact) mass is 454 g/mol. The lowest BCUT2D eigenvalue weighted by molar-refractivity contribution is -0.144. The molecule has 6 N–H and O–H groups in total. The van der Waals surface area contributed by atoms with Gasteiger partial charge in [0.15, 0.2) is 0 Å². The third kappa shape index (κ3) is 5.45. The van der Waals surface area contributed by atoms with Crippen LogP contribution in [0.3, 0.4) is 0 Å². The highest BCUT2D eigenvalue weighted by atomic mass is 32.2. The highest BCUT2D eigenvalue weighted by Gasteiger charge is 2.54. The fourth-order valence-corrected chi connectivity index (χ4v) is 6.09. The summed E-state index contributed by atoms with van der Waals surface area (Å²) >= 11 is 0. The number of nitrogens with one attached hydrogen (secondary N) is 1. The third-order valence-corrected chi connectivity index (χ3v) is 8.26. The maximum atomic E-state index is 13.5. The van der Waals surface area contributed by atoms with Gasteiger partial charge in [0.1, 0.15) is 5.54 Å². The average Bonchev–Trinajstić information content (AvgIpc) is 3.03. The molecule has 0 amide bonds. The Morgan fingerprint density at radius 3 is 2.52 bits per heavy atom. The van der Waals surface area contributed by atoms with Crippen LogP contribution in [0.4, 0.5) is 0 Å². The Bertz CT molecular complexity index is 854. The van der Waals surface area contributed by atoms with Crippen molar-refractivity contribution in [3.8, 4) is 0 Å². The topological polar surface area (TPSA) is 156 Å². The molecule has 1 aromatic rings. The maximum Gasteiger partial charge on any atom is 0.451 e. The summed E-state index contributed by atoms with van der Waals surface area (Å²) < 4.78 is 29.7. The van der Waals surface area contributed by atoms with E-state index in [1.807, 2.05) is 30.3 Å². The van der Waals surface area contributed by atoms with E-state index in [0.29, 0.717) is 38.9 Å². The van der Waals surface area contributed by atoms with E-state index >= 15 is 0 Å². The van der Waals surface area contributed by atoms with E-state index < -0.39 is 34.8 Å². The highest BCUT2D eigenvalue weighted by molar-refractivity contribution is 7.86. The molecular weight excluding hydrogens is 423 g/mol. The second kappa shape index (κ2) is 9.95. The molecule has 0 unspecified atom stereocenters. The van der Waals surface area contributed by atoms with Crippen LogP contribution in [0.1, 0.15) is 18.4 Å². The zero-order chi connectivity index (χ0) is 22.6. The van der Waals surface area contributed by atoms with E-state index in [2.05, 4.69) is 5.32 Å². The van der Waals surface area contributed by atoms with Crippen molar-refractivity contribution in [2.75, 3.05) is 32.7 Å². The first kappa shape index (κ1) is 24.1. The van der Waals surface area contributed by atoms with Gasteiger partial charge in [-0.05, 0) is 24.7 Å². The number of carbonyl (C=O) groups is 1. The summed E-state index contributed by atoms with van der Waals surface area (Å²) in [6.07, 6.45) is 1.26. The smallest absolute Gasteiger partial charge is 0.451 e. The number of hydrogen-bond acceptors (Lipinski definition) is 7. The van der Waals surface area contributed by atoms with Crippen LogP contribution in [0.25, 0.3) is 0 Å². The minimum atomic E-state index is -3.93. The second-order valence-corrected chi connectivity index (χ2v) is 10.3. The number of hydrogen-bond donors (Lipinski definition) is 5. The Labute approximate surface area is 183 Å². The number of benzene rings is 1. The largest absolute Gasteiger partial charge is 0.480 e. The van der Waals surface area contributed by atoms with Gasteiger partial charge in [0.25, 0.3) is 10.2 Å². The molecular formula is C19H31BN4O6S. The fraction of sp³-hybridized carbons (Fsp3) is 0.632. The zero-order valence-electron chi connectivity index (χ0n) is 17.4. The molecule has 0 aliphatic carbocycles. The molecule has 2 heterocycles. The van der Waals surface area contributed by atoms with Crippen LogP contribution in [0, 0.1) is 5.92 Å². The molecule has 0 bridgehead atoms. The van der Waals surface area contributed by atoms with Gasteiger partial charge in [0.05, 0.1) is 6.04 Å². The zero-order valence-corrected chi connectivity index (χ0v) is 18.2. The first-order valence-corrected chi connectivity index (χ1v) is 11.9. The van der Waals surface area contributed by atoms with E-state index in [0.717, 1.165) is 5.56 Å². The standard InChI is InChI=1S/C19H31BN4O6S/c21-19(18(25)26)14-23(13-16(19)7-4-9-20(27)28)31(29,30)24(17-11-22-12-17)10-8-15-5-2-1-3-6-15/h1-3,5-6,16-17,22,27-28H,4,7-14,21H2,(H,25,26)/t16-,19-/m0/s1. The molecule has 172 valence electrons. The van der Waals surface area contributed by atoms with Crippen molar-refractivity contribution in [2.24, 2.45) is 11.7 Å². The lowest BCUT2D eigenvalue weighted by Crippen LogP contribution is -2.62. The van der Waals surface area contributed by atoms with Crippen LogP contribution in [0.5, 0.6) is 0 Å². The van der Waals surface area contributed by atoms with Gasteiger partial charge in [0.2, 0.25) is 0 Å². The molecule has 0 aromatic heterocycles. The summed E-state index contributed by atoms with van der Waals surface area (Å²) in [5.41, 5.74) is 5.49. The van der Waals surface area contributed by atoms with Crippen LogP contribution in [0.2, 0.25) is 6.32 Å². The molecule has 1 aromatic carbocycles. The van der Waals surface area contributed by atoms with Crippen molar-refractivity contribution in [1.29, 1.82) is 0 Å². The minimum Gasteiger partial charge on any atom is -0.480 e. The molecule has 2 aliphatic heterocycles. The fourth-order valence-electron chi connectivity index (χ4n) is 4.20. The SMILES string of the molecule is N[C@@]1(C(=O)O)CN(S(=O)(=O)N(CCc2ccccc2)C2CNC2)C[C@@H]1CCCB(O)O. The molecule has 31 heavy (non-hydrogen) atoms. The normalized spacial score (nSPS) is 25.0. The van der Waals surface area contributed by atoms with E-state index in [1.165, 1.54) is 8.61 Å². The van der Waals surface area contributed by atoms with Crippen LogP contribution in [-0.2, 0) is 21.4 Å². The molecule has 2 aliphatic rings. The predicted molar refractivity (Wildman–Crippen MR) is 116 cm³/mol. The quantitative estimate of drug-likeness (QED) is 0.259. The van der Waals surface area contributed by atoms with Gasteiger partial charge in [-0.1, -0.05) is 36.8 Å². The van der Waals surface area contributed by atoms with Crippen LogP contribution < -0.4 is 11.1 Å². The number of nitrogens with two attached hydrogens (primary N) is 1. The summed E-state index contributed by atoms with van der Waals surface area (Å²) in [5, 5.41) is 30.9. The number of rotatable bonds is 11. The van der Waals surface area contributed by atoms with Crippen LogP contribution >= 0.6 is 0 Å². The summed E-state index contributed by atoms with van der Waals surface area (Å²) in [4.78, 5) is 11.9. The first-order chi connectivity index (χ1) is 14.6. The highest BCUT2D eigenvalue weighted by Crippen LogP contribution is 2.33. The number of carboxylic acids is 1. The molecule has 12 heteroatoms. The summed E-state index contributed by atoms with van der Waals surface area (Å²) in [6, 6.07) is 9.42. The van der Waals surface area contributed by atoms with Gasteiger partial charge in [-0.15, -0.1) is 0 Å². The summed E-state index contributed by atoms with van der Waals surface area (Å²) in [6.45, 7) is 1.08. The lowest BCUT2D eigenvalue weighted by atomic mass is 9.78. The first-order valence-electron chi connectivity index (χ1n) is 10.5. The van der Waals surface area contributed by atoms with E-state index in [-0.39, 0.29) is 25.5 Å². The lowest BCUT2D eigenvalue weighted by Gasteiger charge is -2.39. The van der Waals surface area contributed by atoms with Gasteiger partial charge in [-0.2, -0.15) is 17.0 Å². The molecule has 2 fully saturated rings. The van der Waals surface area contributed by atoms with Crippen molar-refractivity contribution in [3.05, 3.63) is 35.9 Å². The van der Waals surface area contributed by atoms with Gasteiger partial charge in [-0.3, -0.25) is 4.79 Å². The Kier molecular flexibility index (Phi) is 7.74. The average molecular weight is 454 g/mol. The number of aliphatic carboxylic acids is 1. The maximum absolute atomic E-state index is 13.5. The molecule has 10 nitrogen and oxygen atoms in total. The Hall–Kier alpha value is -1.54. The third-order valence-electron chi connectivity index (χ3n) is 6.26. The van der Waals surface area contributed by atoms with E-state index in [4.69, 9.17) is 15.8 Å². The minimum absolute atomic E-state index is 0.00531. The van der Waals surface area contributed by atoms with Crippen molar-refractivity contribution in [3.63, 3.8) is 0 Å². The molecule has 3 rings (SSSR count). The molecule has 0 saturated carbocycles. The number of nitrogens with zero attached hydrogens (tertiary/aromatic N) is 2. The van der Waals surface area contributed by atoms with E-state index in [9.17, 15) is 18.3 Å². The predicted octanol–water partition coefficient (Wildman–Crippen LogP) is -1.29. The second-order valence-electron chi connectivity index (χ2n) is 8.41. The Morgan fingerprint density at radius 2 is 1.97 bits per heavy atom. The van der Waals surface area contributed by atoms with Gasteiger partial charge in [0, 0.05) is 38.6 Å². The molecule has 2 saturated heterocycles. The number of carboxylic acid groups (broad SMARTS) is 1. The van der Waals surface area contributed by atoms with E-state index in [1.54, 1.807) is 0 Å². The molecule has 2 atom stereocenters. The molecule has 0 radical (unpaired) electrons. The van der Waals surface area contributed by atoms with Gasteiger partial charge >= 0.3 is 13.1 Å². The van der Waals surface area contributed by atoms with Crippen molar-refractivity contribution >= 4 is 23.3 Å². The summed E-state index contributed by atoms with van der Waals surface area (Å²) in [7, 11) is -5.41. The van der Waals surface area contributed by atoms with Crippen LogP contribution in [0.15, 0.2) is 30.3 Å². The summed E-state index contributed by atoms with van der Waals surface area (Å²) in [5.74, 6) is -1.87. The van der Waals surface area contributed by atoms with Crippen molar-refractivity contribution in [1.82, 2.24) is 13.9 Å².